The van der Waals surface area contributed by atoms with E-state index in [1.807, 2.05) is 6.07 Å². The SMILES string of the molecule is CC1CCCC(c2nc(Cl)cc(C(C)C)n2)C1. The first-order valence-electron chi connectivity index (χ1n) is 6.60. The van der Waals surface area contributed by atoms with Crippen LogP contribution in [0.5, 0.6) is 0 Å². The van der Waals surface area contributed by atoms with Crippen LogP contribution in [0, 0.1) is 5.92 Å². The van der Waals surface area contributed by atoms with Crippen LogP contribution in [0.15, 0.2) is 6.07 Å². The van der Waals surface area contributed by atoms with Crippen LogP contribution >= 0.6 is 11.6 Å². The summed E-state index contributed by atoms with van der Waals surface area (Å²) in [7, 11) is 0. The second-order valence-electron chi connectivity index (χ2n) is 5.60. The summed E-state index contributed by atoms with van der Waals surface area (Å²) in [6.45, 7) is 6.61. The van der Waals surface area contributed by atoms with Crippen LogP contribution in [-0.2, 0) is 0 Å². The molecule has 2 unspecified atom stereocenters. The Kier molecular flexibility index (Phi) is 4.03. The van der Waals surface area contributed by atoms with Gasteiger partial charge in [-0.05, 0) is 30.7 Å². The van der Waals surface area contributed by atoms with E-state index in [2.05, 4.69) is 25.8 Å². The molecule has 1 aromatic rings. The molecule has 0 bridgehead atoms. The minimum Gasteiger partial charge on any atom is -0.237 e. The molecule has 0 saturated heterocycles. The topological polar surface area (TPSA) is 25.8 Å². The number of nitrogens with zero attached hydrogens (tertiary/aromatic N) is 2. The minimum absolute atomic E-state index is 0.412. The van der Waals surface area contributed by atoms with Gasteiger partial charge in [-0.15, -0.1) is 0 Å². The van der Waals surface area contributed by atoms with Crippen LogP contribution in [0.3, 0.4) is 0 Å². The molecule has 1 aliphatic carbocycles. The normalized spacial score (nSPS) is 25.2. The zero-order valence-electron chi connectivity index (χ0n) is 10.9. The summed E-state index contributed by atoms with van der Waals surface area (Å²) in [6.07, 6.45) is 5.05. The van der Waals surface area contributed by atoms with Crippen LogP contribution in [-0.4, -0.2) is 9.97 Å². The molecule has 2 atom stereocenters. The molecule has 17 heavy (non-hydrogen) atoms. The first-order valence-corrected chi connectivity index (χ1v) is 6.98. The Balaban J connectivity index is 2.25. The van der Waals surface area contributed by atoms with E-state index in [4.69, 9.17) is 16.6 Å². The Morgan fingerprint density at radius 3 is 2.71 bits per heavy atom. The van der Waals surface area contributed by atoms with Crippen LogP contribution < -0.4 is 0 Å². The van der Waals surface area contributed by atoms with Crippen LogP contribution in [0.1, 0.15) is 69.8 Å². The summed E-state index contributed by atoms with van der Waals surface area (Å²) >= 11 is 6.10. The van der Waals surface area contributed by atoms with E-state index in [1.165, 1.54) is 25.7 Å². The summed E-state index contributed by atoms with van der Waals surface area (Å²) in [5.74, 6) is 2.68. The third-order valence-electron chi connectivity index (χ3n) is 3.63. The van der Waals surface area contributed by atoms with Gasteiger partial charge in [-0.1, -0.05) is 45.2 Å². The smallest absolute Gasteiger partial charge is 0.133 e. The van der Waals surface area contributed by atoms with Gasteiger partial charge in [-0.2, -0.15) is 0 Å². The summed E-state index contributed by atoms with van der Waals surface area (Å²) in [6, 6.07) is 1.89. The number of hydrogen-bond acceptors (Lipinski definition) is 2. The molecule has 1 heterocycles. The lowest BCUT2D eigenvalue weighted by molar-refractivity contribution is 0.334. The standard InChI is InChI=1S/C14H21ClN2/c1-9(2)12-8-13(15)17-14(16-12)11-6-4-5-10(3)7-11/h8-11H,4-7H2,1-3H3. The molecule has 94 valence electrons. The molecular weight excluding hydrogens is 232 g/mol. The number of rotatable bonds is 2. The first-order chi connectivity index (χ1) is 8.06. The largest absolute Gasteiger partial charge is 0.237 e. The lowest BCUT2D eigenvalue weighted by Crippen LogP contribution is -2.15. The van der Waals surface area contributed by atoms with Gasteiger partial charge in [0.1, 0.15) is 11.0 Å². The van der Waals surface area contributed by atoms with E-state index in [-0.39, 0.29) is 0 Å². The van der Waals surface area contributed by atoms with E-state index in [0.717, 1.165) is 17.4 Å². The molecule has 0 N–H and O–H groups in total. The second kappa shape index (κ2) is 5.34. The molecule has 0 aliphatic heterocycles. The molecule has 0 aromatic carbocycles. The zero-order valence-corrected chi connectivity index (χ0v) is 11.7. The van der Waals surface area contributed by atoms with Crippen LogP contribution in [0.25, 0.3) is 0 Å². The molecule has 1 aliphatic rings. The van der Waals surface area contributed by atoms with Gasteiger partial charge in [-0.25, -0.2) is 9.97 Å². The van der Waals surface area contributed by atoms with Crippen molar-refractivity contribution in [3.63, 3.8) is 0 Å². The maximum Gasteiger partial charge on any atom is 0.133 e. The van der Waals surface area contributed by atoms with Gasteiger partial charge >= 0.3 is 0 Å². The van der Waals surface area contributed by atoms with Crippen molar-refractivity contribution >= 4 is 11.6 Å². The fourth-order valence-corrected chi connectivity index (χ4v) is 2.80. The van der Waals surface area contributed by atoms with Gasteiger partial charge in [0.2, 0.25) is 0 Å². The predicted molar refractivity (Wildman–Crippen MR) is 71.5 cm³/mol. The highest BCUT2D eigenvalue weighted by atomic mass is 35.5. The highest BCUT2D eigenvalue weighted by molar-refractivity contribution is 6.29. The Labute approximate surface area is 109 Å². The van der Waals surface area contributed by atoms with E-state index >= 15 is 0 Å². The van der Waals surface area contributed by atoms with Crippen molar-refractivity contribution in [2.75, 3.05) is 0 Å². The first kappa shape index (κ1) is 12.8. The van der Waals surface area contributed by atoms with Gasteiger partial charge in [0, 0.05) is 11.6 Å². The summed E-state index contributed by atoms with van der Waals surface area (Å²) in [5.41, 5.74) is 1.07. The van der Waals surface area contributed by atoms with Gasteiger partial charge in [0.05, 0.1) is 0 Å². The van der Waals surface area contributed by atoms with Crippen molar-refractivity contribution in [1.82, 2.24) is 9.97 Å². The summed E-state index contributed by atoms with van der Waals surface area (Å²) in [5, 5.41) is 0.594. The lowest BCUT2D eigenvalue weighted by atomic mass is 9.82. The molecule has 1 fully saturated rings. The molecule has 2 nitrogen and oxygen atoms in total. The Morgan fingerprint density at radius 2 is 2.06 bits per heavy atom. The fraction of sp³-hybridized carbons (Fsp3) is 0.714. The molecule has 0 spiro atoms. The second-order valence-corrected chi connectivity index (χ2v) is 5.98. The quantitative estimate of drug-likeness (QED) is 0.722. The number of halogens is 1. The Bertz CT molecular complexity index is 390. The summed E-state index contributed by atoms with van der Waals surface area (Å²) in [4.78, 5) is 9.12. The van der Waals surface area contributed by atoms with Crippen LogP contribution in [0.2, 0.25) is 5.15 Å². The van der Waals surface area contributed by atoms with Crippen LogP contribution in [0.4, 0.5) is 0 Å². The van der Waals surface area contributed by atoms with Crippen molar-refractivity contribution < 1.29 is 0 Å². The van der Waals surface area contributed by atoms with E-state index in [1.54, 1.807) is 0 Å². The molecular formula is C14H21ClN2. The summed E-state index contributed by atoms with van der Waals surface area (Å²) < 4.78 is 0. The molecule has 2 rings (SSSR count). The maximum absolute atomic E-state index is 6.10. The van der Waals surface area contributed by atoms with E-state index in [0.29, 0.717) is 17.0 Å². The third kappa shape index (κ3) is 3.19. The maximum atomic E-state index is 6.10. The van der Waals surface area contributed by atoms with Crippen molar-refractivity contribution in [2.45, 2.75) is 58.3 Å². The predicted octanol–water partition coefficient (Wildman–Crippen LogP) is 4.55. The Hall–Kier alpha value is -0.630. The van der Waals surface area contributed by atoms with Gasteiger partial charge in [-0.3, -0.25) is 0 Å². The highest BCUT2D eigenvalue weighted by Gasteiger charge is 2.23. The average Bonchev–Trinajstić information content (AvgIpc) is 2.28. The molecule has 3 heteroatoms. The van der Waals surface area contributed by atoms with Gasteiger partial charge in [0.15, 0.2) is 0 Å². The monoisotopic (exact) mass is 252 g/mol. The minimum atomic E-state index is 0.412. The van der Waals surface area contributed by atoms with Gasteiger partial charge in [0.25, 0.3) is 0 Å². The van der Waals surface area contributed by atoms with Gasteiger partial charge < -0.3 is 0 Å². The molecule has 0 radical (unpaired) electrons. The van der Waals surface area contributed by atoms with E-state index < -0.39 is 0 Å². The van der Waals surface area contributed by atoms with Crippen molar-refractivity contribution in [3.05, 3.63) is 22.7 Å². The zero-order chi connectivity index (χ0) is 12.4. The van der Waals surface area contributed by atoms with E-state index in [9.17, 15) is 0 Å². The lowest BCUT2D eigenvalue weighted by Gasteiger charge is -2.26. The number of aromatic nitrogens is 2. The van der Waals surface area contributed by atoms with Crippen molar-refractivity contribution in [3.8, 4) is 0 Å². The number of hydrogen-bond donors (Lipinski definition) is 0. The van der Waals surface area contributed by atoms with Crippen molar-refractivity contribution in [1.29, 1.82) is 0 Å². The molecule has 0 amide bonds. The third-order valence-corrected chi connectivity index (χ3v) is 3.82. The van der Waals surface area contributed by atoms with Crippen molar-refractivity contribution in [2.24, 2.45) is 5.92 Å². The average molecular weight is 253 g/mol. The highest BCUT2D eigenvalue weighted by Crippen LogP contribution is 2.35. The fourth-order valence-electron chi connectivity index (χ4n) is 2.60. The Morgan fingerprint density at radius 1 is 1.29 bits per heavy atom. The molecule has 1 aromatic heterocycles. The molecule has 1 saturated carbocycles.